The molecule has 1 aliphatic rings. The topological polar surface area (TPSA) is 99.3 Å². The Morgan fingerprint density at radius 1 is 1.35 bits per heavy atom. The van der Waals surface area contributed by atoms with Crippen LogP contribution in [0.15, 0.2) is 41.8 Å². The van der Waals surface area contributed by atoms with Crippen molar-refractivity contribution in [3.63, 3.8) is 0 Å². The molecule has 1 heterocycles. The van der Waals surface area contributed by atoms with Crippen LogP contribution in [-0.4, -0.2) is 20.8 Å². The number of aromatic nitrogens is 2. The van der Waals surface area contributed by atoms with E-state index in [9.17, 15) is 5.11 Å². The van der Waals surface area contributed by atoms with Gasteiger partial charge < -0.3 is 21.1 Å². The number of hydrogen-bond donors (Lipinski definition) is 4. The highest BCUT2D eigenvalue weighted by molar-refractivity contribution is 5.88. The lowest BCUT2D eigenvalue weighted by atomic mass is 9.84. The number of nitrogens with zero attached hydrogens (tertiary/aromatic N) is 2. The zero-order valence-electron chi connectivity index (χ0n) is 19.1. The number of aliphatic hydroxyl groups is 1. The van der Waals surface area contributed by atoms with Crippen LogP contribution in [0.3, 0.4) is 0 Å². The Labute approximate surface area is 186 Å². The molecule has 0 radical (unpaired) electrons. The normalized spacial score (nSPS) is 18.1. The van der Waals surface area contributed by atoms with E-state index in [1.165, 1.54) is 50.7 Å². The predicted molar refractivity (Wildman–Crippen MR) is 129 cm³/mol. The first-order valence-corrected chi connectivity index (χ1v) is 11.5. The zero-order valence-corrected chi connectivity index (χ0v) is 19.1. The second-order valence-corrected chi connectivity index (χ2v) is 8.84. The van der Waals surface area contributed by atoms with E-state index in [0.717, 1.165) is 23.2 Å². The average molecular weight is 424 g/mol. The molecule has 1 fully saturated rings. The van der Waals surface area contributed by atoms with Gasteiger partial charge in [0, 0.05) is 35.6 Å². The van der Waals surface area contributed by atoms with Gasteiger partial charge in [-0.2, -0.15) is 0 Å². The number of nitrogens with two attached hydrogens (primary N) is 1. The van der Waals surface area contributed by atoms with Crippen molar-refractivity contribution in [3.8, 4) is 0 Å². The third-order valence-electron chi connectivity index (χ3n) is 6.04. The first-order valence-electron chi connectivity index (χ1n) is 11.5. The number of nitrogens with one attached hydrogen (secondary N) is 2. The Hall–Kier alpha value is -2.44. The van der Waals surface area contributed by atoms with Gasteiger partial charge in [0.1, 0.15) is 5.72 Å². The number of anilines is 2. The van der Waals surface area contributed by atoms with Crippen LogP contribution >= 0.6 is 0 Å². The van der Waals surface area contributed by atoms with E-state index in [4.69, 9.17) is 10.7 Å². The number of benzene rings is 1. The van der Waals surface area contributed by atoms with Crippen molar-refractivity contribution in [3.05, 3.63) is 47.9 Å². The average Bonchev–Trinajstić information content (AvgIpc) is 3.26. The zero-order chi connectivity index (χ0) is 22.3. The van der Waals surface area contributed by atoms with Gasteiger partial charge in [-0.3, -0.25) is 4.99 Å². The number of unbranched alkanes of at least 4 members (excludes halogenated alkanes) is 1. The summed E-state index contributed by atoms with van der Waals surface area (Å²) in [5, 5.41) is 13.8. The third kappa shape index (κ3) is 6.52. The Morgan fingerprint density at radius 3 is 2.77 bits per heavy atom. The summed E-state index contributed by atoms with van der Waals surface area (Å²) in [6, 6.07) is 5.82. The standard InChI is InChI=1S/C25H37N5O/c1-4-5-11-23(19-9-7-6-8-10-19)29-17-18(2)21-13-12-20(16-22(21)25(3,26)31)30-24-27-14-15-28-24/h12-17,19,31H,4-11,26H2,1-3H3,(H2,27,28,30)/b18-17+,29-23?. The highest BCUT2D eigenvalue weighted by atomic mass is 16.3. The van der Waals surface area contributed by atoms with Gasteiger partial charge in [0.15, 0.2) is 0 Å². The molecule has 1 aromatic heterocycles. The quantitative estimate of drug-likeness (QED) is 0.300. The lowest BCUT2D eigenvalue weighted by Gasteiger charge is -2.24. The molecule has 31 heavy (non-hydrogen) atoms. The largest absolute Gasteiger partial charge is 0.372 e. The van der Waals surface area contributed by atoms with Gasteiger partial charge in [-0.05, 0) is 68.7 Å². The summed E-state index contributed by atoms with van der Waals surface area (Å²) in [5.74, 6) is 1.25. The molecule has 0 spiro atoms. The Bertz CT molecular complexity index is 887. The van der Waals surface area contributed by atoms with Gasteiger partial charge in [0.2, 0.25) is 5.95 Å². The van der Waals surface area contributed by atoms with E-state index < -0.39 is 5.72 Å². The Kier molecular flexibility index (Phi) is 8.04. The van der Waals surface area contributed by atoms with E-state index in [1.54, 1.807) is 19.3 Å². The van der Waals surface area contributed by atoms with Crippen molar-refractivity contribution in [1.82, 2.24) is 9.97 Å². The Balaban J connectivity index is 1.89. The van der Waals surface area contributed by atoms with Crippen molar-refractivity contribution < 1.29 is 5.11 Å². The van der Waals surface area contributed by atoms with Crippen molar-refractivity contribution in [2.45, 2.75) is 77.9 Å². The smallest absolute Gasteiger partial charge is 0.204 e. The summed E-state index contributed by atoms with van der Waals surface area (Å²) in [6.07, 6.45) is 15.3. The molecule has 1 aromatic carbocycles. The highest BCUT2D eigenvalue weighted by Crippen LogP contribution is 2.31. The van der Waals surface area contributed by atoms with Crippen molar-refractivity contribution >= 4 is 22.9 Å². The summed E-state index contributed by atoms with van der Waals surface area (Å²) < 4.78 is 0. The summed E-state index contributed by atoms with van der Waals surface area (Å²) >= 11 is 0. The fourth-order valence-corrected chi connectivity index (χ4v) is 4.27. The molecule has 6 nitrogen and oxygen atoms in total. The maximum atomic E-state index is 10.6. The van der Waals surface area contributed by atoms with Gasteiger partial charge in [0.25, 0.3) is 0 Å². The Morgan fingerprint density at radius 2 is 2.13 bits per heavy atom. The summed E-state index contributed by atoms with van der Waals surface area (Å²) in [4.78, 5) is 12.2. The van der Waals surface area contributed by atoms with Gasteiger partial charge in [-0.25, -0.2) is 4.98 Å². The fourth-order valence-electron chi connectivity index (χ4n) is 4.27. The van der Waals surface area contributed by atoms with E-state index in [2.05, 4.69) is 22.2 Å². The molecular weight excluding hydrogens is 386 g/mol. The van der Waals surface area contributed by atoms with Crippen LogP contribution in [0.4, 0.5) is 11.6 Å². The van der Waals surface area contributed by atoms with Crippen molar-refractivity contribution in [2.24, 2.45) is 16.6 Å². The molecular formula is C25H37N5O. The summed E-state index contributed by atoms with van der Waals surface area (Å²) in [6.45, 7) is 5.87. The maximum Gasteiger partial charge on any atom is 0.204 e. The van der Waals surface area contributed by atoms with Crippen LogP contribution in [0, 0.1) is 5.92 Å². The summed E-state index contributed by atoms with van der Waals surface area (Å²) in [5.41, 5.74) is 9.34. The minimum atomic E-state index is -1.47. The van der Waals surface area contributed by atoms with Crippen LogP contribution in [0.25, 0.3) is 5.57 Å². The second kappa shape index (κ2) is 10.7. The van der Waals surface area contributed by atoms with Crippen LogP contribution in [-0.2, 0) is 5.72 Å². The number of aliphatic imine (C=N–C) groups is 1. The molecule has 6 heteroatoms. The fraction of sp³-hybridized carbons (Fsp3) is 0.520. The number of aromatic amines is 1. The number of rotatable bonds is 9. The maximum absolute atomic E-state index is 10.6. The van der Waals surface area contributed by atoms with Crippen LogP contribution in [0.2, 0.25) is 0 Å². The van der Waals surface area contributed by atoms with Crippen molar-refractivity contribution in [2.75, 3.05) is 5.32 Å². The molecule has 0 aliphatic heterocycles. The van der Waals surface area contributed by atoms with Crippen LogP contribution in [0.1, 0.15) is 83.3 Å². The van der Waals surface area contributed by atoms with Gasteiger partial charge in [-0.15, -0.1) is 0 Å². The lowest BCUT2D eigenvalue weighted by Crippen LogP contribution is -2.33. The number of imidazole rings is 1. The molecule has 2 aromatic rings. The van der Waals surface area contributed by atoms with Gasteiger partial charge in [0.05, 0.1) is 0 Å². The molecule has 0 saturated heterocycles. The van der Waals surface area contributed by atoms with Crippen LogP contribution < -0.4 is 11.1 Å². The lowest BCUT2D eigenvalue weighted by molar-refractivity contribution is 0.0645. The second-order valence-electron chi connectivity index (χ2n) is 8.84. The van der Waals surface area contributed by atoms with E-state index in [0.29, 0.717) is 17.4 Å². The molecule has 1 saturated carbocycles. The van der Waals surface area contributed by atoms with Crippen LogP contribution in [0.5, 0.6) is 0 Å². The monoisotopic (exact) mass is 423 g/mol. The number of hydrogen-bond acceptors (Lipinski definition) is 5. The minimum Gasteiger partial charge on any atom is -0.372 e. The molecule has 168 valence electrons. The molecule has 3 rings (SSSR count). The molecule has 1 atom stereocenters. The van der Waals surface area contributed by atoms with Gasteiger partial charge >= 0.3 is 0 Å². The first-order chi connectivity index (χ1) is 14.9. The first kappa shape index (κ1) is 23.2. The van der Waals surface area contributed by atoms with Gasteiger partial charge in [-0.1, -0.05) is 38.7 Å². The molecule has 0 bridgehead atoms. The molecule has 5 N–H and O–H groups in total. The number of H-pyrrole nitrogens is 1. The predicted octanol–water partition coefficient (Wildman–Crippen LogP) is 5.85. The van der Waals surface area contributed by atoms with E-state index in [1.807, 2.05) is 31.3 Å². The number of allylic oxidation sites excluding steroid dienone is 1. The van der Waals surface area contributed by atoms with E-state index >= 15 is 0 Å². The molecule has 1 aliphatic carbocycles. The third-order valence-corrected chi connectivity index (χ3v) is 6.04. The SMILES string of the molecule is CCCCC(=N/C=C(\C)c1ccc(Nc2ncc[nH]2)cc1C(C)(N)O)C1CCCCC1. The summed E-state index contributed by atoms with van der Waals surface area (Å²) in [7, 11) is 0. The molecule has 0 amide bonds. The molecule has 1 unspecified atom stereocenters. The highest BCUT2D eigenvalue weighted by Gasteiger charge is 2.22. The van der Waals surface area contributed by atoms with Crippen molar-refractivity contribution in [1.29, 1.82) is 0 Å². The van der Waals surface area contributed by atoms with E-state index in [-0.39, 0.29) is 0 Å². The minimum absolute atomic E-state index is 0.612.